The summed E-state index contributed by atoms with van der Waals surface area (Å²) in [4.78, 5) is 9.30. The van der Waals surface area contributed by atoms with Crippen molar-refractivity contribution < 1.29 is 4.42 Å². The molecule has 0 bridgehead atoms. The van der Waals surface area contributed by atoms with Gasteiger partial charge in [-0.2, -0.15) is 11.8 Å². The zero-order chi connectivity index (χ0) is 13.4. The van der Waals surface area contributed by atoms with Crippen LogP contribution in [-0.4, -0.2) is 20.3 Å². The van der Waals surface area contributed by atoms with Crippen molar-refractivity contribution in [3.8, 4) is 5.88 Å². The van der Waals surface area contributed by atoms with E-state index in [1.807, 2.05) is 36.0 Å². The van der Waals surface area contributed by atoms with Gasteiger partial charge in [-0.1, -0.05) is 6.42 Å². The van der Waals surface area contributed by atoms with E-state index >= 15 is 0 Å². The summed E-state index contributed by atoms with van der Waals surface area (Å²) in [6, 6.07) is 7.81. The van der Waals surface area contributed by atoms with E-state index < -0.39 is 0 Å². The average molecular weight is 285 g/mol. The van der Waals surface area contributed by atoms with Crippen LogP contribution < -0.4 is 0 Å². The zero-order valence-electron chi connectivity index (χ0n) is 11.0. The number of furan rings is 1. The number of nitrogens with zero attached hydrogens (tertiary/aromatic N) is 3. The Morgan fingerprint density at radius 2 is 2.25 bits per heavy atom. The number of thioether (sulfide) groups is 1. The van der Waals surface area contributed by atoms with E-state index in [2.05, 4.69) is 9.55 Å². The van der Waals surface area contributed by atoms with Crippen molar-refractivity contribution >= 4 is 22.9 Å². The van der Waals surface area contributed by atoms with Gasteiger partial charge in [0, 0.05) is 12.3 Å². The molecule has 5 heteroatoms. The van der Waals surface area contributed by atoms with E-state index in [1.54, 1.807) is 12.5 Å². The molecule has 1 aliphatic rings. The minimum absolute atomic E-state index is 0.433. The summed E-state index contributed by atoms with van der Waals surface area (Å²) in [5.74, 6) is 3.07. The number of imidazole rings is 1. The SMILES string of the molecule is c1coc(-n2c(C3CCCCS3)nc3cccnc32)c1. The molecule has 4 heterocycles. The van der Waals surface area contributed by atoms with Crippen LogP contribution in [0.2, 0.25) is 0 Å². The molecule has 4 nitrogen and oxygen atoms in total. The van der Waals surface area contributed by atoms with Gasteiger partial charge >= 0.3 is 0 Å². The maximum Gasteiger partial charge on any atom is 0.206 e. The van der Waals surface area contributed by atoms with Crippen LogP contribution in [0.3, 0.4) is 0 Å². The summed E-state index contributed by atoms with van der Waals surface area (Å²) in [5.41, 5.74) is 1.81. The van der Waals surface area contributed by atoms with Crippen molar-refractivity contribution in [2.24, 2.45) is 0 Å². The van der Waals surface area contributed by atoms with Crippen LogP contribution in [0.15, 0.2) is 41.1 Å². The quantitative estimate of drug-likeness (QED) is 0.714. The molecule has 1 unspecified atom stereocenters. The van der Waals surface area contributed by atoms with Gasteiger partial charge < -0.3 is 4.42 Å². The highest BCUT2D eigenvalue weighted by Gasteiger charge is 2.25. The van der Waals surface area contributed by atoms with E-state index in [1.165, 1.54) is 25.0 Å². The molecule has 0 aliphatic carbocycles. The number of hydrogen-bond acceptors (Lipinski definition) is 4. The molecule has 1 saturated heterocycles. The number of fused-ring (bicyclic) bond motifs is 1. The van der Waals surface area contributed by atoms with Gasteiger partial charge in [-0.25, -0.2) is 14.5 Å². The summed E-state index contributed by atoms with van der Waals surface area (Å²) < 4.78 is 7.66. The van der Waals surface area contributed by atoms with Gasteiger partial charge in [-0.15, -0.1) is 0 Å². The predicted molar refractivity (Wildman–Crippen MR) is 80.2 cm³/mol. The topological polar surface area (TPSA) is 43.9 Å². The molecular weight excluding hydrogens is 270 g/mol. The Bertz CT molecular complexity index is 714. The maximum atomic E-state index is 5.59. The van der Waals surface area contributed by atoms with Crippen LogP contribution in [0.1, 0.15) is 30.3 Å². The predicted octanol–water partition coefficient (Wildman–Crippen LogP) is 3.97. The number of hydrogen-bond donors (Lipinski definition) is 0. The van der Waals surface area contributed by atoms with Gasteiger partial charge in [0.05, 0.1) is 11.5 Å². The van der Waals surface area contributed by atoms with E-state index in [0.717, 1.165) is 22.9 Å². The van der Waals surface area contributed by atoms with Crippen molar-refractivity contribution in [2.75, 3.05) is 5.75 Å². The highest BCUT2D eigenvalue weighted by Crippen LogP contribution is 2.39. The maximum absolute atomic E-state index is 5.59. The number of pyridine rings is 1. The van der Waals surface area contributed by atoms with Gasteiger partial charge in [0.1, 0.15) is 11.3 Å². The Kier molecular flexibility index (Phi) is 2.99. The fourth-order valence-corrected chi connectivity index (χ4v) is 4.00. The molecule has 0 saturated carbocycles. The highest BCUT2D eigenvalue weighted by molar-refractivity contribution is 7.99. The van der Waals surface area contributed by atoms with E-state index in [4.69, 9.17) is 9.40 Å². The van der Waals surface area contributed by atoms with Crippen LogP contribution >= 0.6 is 11.8 Å². The standard InChI is InChI=1S/C15H15N3OS/c1-2-10-20-12(6-1)15-17-11-5-3-8-16-14(11)18(15)13-7-4-9-19-13/h3-5,7-9,12H,1-2,6,10H2. The summed E-state index contributed by atoms with van der Waals surface area (Å²) in [7, 11) is 0. The normalized spacial score (nSPS) is 19.5. The second-order valence-electron chi connectivity index (χ2n) is 4.96. The first kappa shape index (κ1) is 12.0. The van der Waals surface area contributed by atoms with Crippen LogP contribution in [0, 0.1) is 0 Å². The van der Waals surface area contributed by atoms with E-state index in [9.17, 15) is 0 Å². The van der Waals surface area contributed by atoms with Gasteiger partial charge in [0.2, 0.25) is 5.88 Å². The van der Waals surface area contributed by atoms with Crippen LogP contribution in [-0.2, 0) is 0 Å². The minimum atomic E-state index is 0.433. The van der Waals surface area contributed by atoms with Crippen LogP contribution in [0.25, 0.3) is 17.0 Å². The first-order valence-corrected chi connectivity index (χ1v) is 7.97. The van der Waals surface area contributed by atoms with Crippen LogP contribution in [0.4, 0.5) is 0 Å². The largest absolute Gasteiger partial charge is 0.448 e. The molecule has 0 aromatic carbocycles. The molecule has 1 fully saturated rings. The van der Waals surface area contributed by atoms with Crippen molar-refractivity contribution in [3.63, 3.8) is 0 Å². The third-order valence-corrected chi connectivity index (χ3v) is 5.01. The Morgan fingerprint density at radius 3 is 3.05 bits per heavy atom. The lowest BCUT2D eigenvalue weighted by atomic mass is 10.2. The second-order valence-corrected chi connectivity index (χ2v) is 6.27. The third kappa shape index (κ3) is 1.93. The summed E-state index contributed by atoms with van der Waals surface area (Å²) in [6.07, 6.45) is 7.25. The number of rotatable bonds is 2. The smallest absolute Gasteiger partial charge is 0.206 e. The Balaban J connectivity index is 1.92. The monoisotopic (exact) mass is 285 g/mol. The van der Waals surface area contributed by atoms with Gasteiger partial charge in [0.15, 0.2) is 5.65 Å². The molecular formula is C15H15N3OS. The molecule has 0 radical (unpaired) electrons. The Hall–Kier alpha value is -1.75. The fourth-order valence-electron chi connectivity index (χ4n) is 2.70. The van der Waals surface area contributed by atoms with Crippen LogP contribution in [0.5, 0.6) is 0 Å². The molecule has 3 aromatic heterocycles. The Morgan fingerprint density at radius 1 is 1.25 bits per heavy atom. The highest BCUT2D eigenvalue weighted by atomic mass is 32.2. The Labute approximate surface area is 121 Å². The third-order valence-electron chi connectivity index (χ3n) is 3.64. The fraction of sp³-hybridized carbons (Fsp3) is 0.333. The molecule has 1 aliphatic heterocycles. The van der Waals surface area contributed by atoms with Crippen molar-refractivity contribution in [3.05, 3.63) is 42.5 Å². The number of aromatic nitrogens is 3. The van der Waals surface area contributed by atoms with Crippen molar-refractivity contribution in [2.45, 2.75) is 24.5 Å². The van der Waals surface area contributed by atoms with Gasteiger partial charge in [-0.05, 0) is 36.8 Å². The van der Waals surface area contributed by atoms with Crippen molar-refractivity contribution in [1.29, 1.82) is 0 Å². The van der Waals surface area contributed by atoms with E-state index in [-0.39, 0.29) is 0 Å². The van der Waals surface area contributed by atoms with Gasteiger partial charge in [-0.3, -0.25) is 0 Å². The summed E-state index contributed by atoms with van der Waals surface area (Å²) in [5, 5.41) is 0.433. The lowest BCUT2D eigenvalue weighted by Gasteiger charge is -2.21. The van der Waals surface area contributed by atoms with Gasteiger partial charge in [0.25, 0.3) is 0 Å². The summed E-state index contributed by atoms with van der Waals surface area (Å²) in [6.45, 7) is 0. The molecule has 1 atom stereocenters. The molecule has 20 heavy (non-hydrogen) atoms. The first-order chi connectivity index (χ1) is 9.93. The molecule has 0 spiro atoms. The zero-order valence-corrected chi connectivity index (χ0v) is 11.8. The summed E-state index contributed by atoms with van der Waals surface area (Å²) >= 11 is 1.99. The lowest BCUT2D eigenvalue weighted by Crippen LogP contribution is -2.09. The molecule has 102 valence electrons. The average Bonchev–Trinajstić information content (AvgIpc) is 3.14. The minimum Gasteiger partial charge on any atom is -0.448 e. The first-order valence-electron chi connectivity index (χ1n) is 6.92. The van der Waals surface area contributed by atoms with Crippen molar-refractivity contribution in [1.82, 2.24) is 14.5 Å². The molecule has 0 amide bonds. The molecule has 4 rings (SSSR count). The molecule has 3 aromatic rings. The molecule has 0 N–H and O–H groups in total. The lowest BCUT2D eigenvalue weighted by molar-refractivity contribution is 0.530. The van der Waals surface area contributed by atoms with E-state index in [0.29, 0.717) is 5.25 Å². The second kappa shape index (κ2) is 4.98.